The van der Waals surface area contributed by atoms with Crippen molar-refractivity contribution < 1.29 is 35.5 Å². The summed E-state index contributed by atoms with van der Waals surface area (Å²) < 4.78 is 13.5. The molecule has 0 amide bonds. The summed E-state index contributed by atoms with van der Waals surface area (Å²) >= 11 is -0.220. The van der Waals surface area contributed by atoms with Gasteiger partial charge in [-0.15, -0.1) is 0 Å². The summed E-state index contributed by atoms with van der Waals surface area (Å²) in [6, 6.07) is 18.5. The molecule has 0 saturated carbocycles. The third kappa shape index (κ3) is 3.97. The Labute approximate surface area is 134 Å². The van der Waals surface area contributed by atoms with E-state index in [2.05, 4.69) is 30.3 Å². The fraction of sp³-hybridized carbons (Fsp3) is 0.235. The van der Waals surface area contributed by atoms with Gasteiger partial charge in [-0.05, 0) is 0 Å². The van der Waals surface area contributed by atoms with Crippen LogP contribution in [0.25, 0.3) is 0 Å². The SMILES string of the molecule is O=C1OCCCC1Oc1cccc([I-]c2ccccc2)c1. The van der Waals surface area contributed by atoms with Gasteiger partial charge in [-0.2, -0.15) is 0 Å². The summed E-state index contributed by atoms with van der Waals surface area (Å²) in [6.45, 7) is 0.512. The molecule has 0 bridgehead atoms. The first-order valence-corrected chi connectivity index (χ1v) is 9.10. The molecule has 4 heteroatoms. The van der Waals surface area contributed by atoms with E-state index in [1.54, 1.807) is 0 Å². The van der Waals surface area contributed by atoms with Crippen LogP contribution in [0.4, 0.5) is 0 Å². The van der Waals surface area contributed by atoms with Crippen molar-refractivity contribution in [3.05, 3.63) is 61.7 Å². The molecule has 2 aromatic rings. The van der Waals surface area contributed by atoms with Gasteiger partial charge >= 0.3 is 134 Å². The maximum absolute atomic E-state index is 11.6. The number of ether oxygens (including phenoxy) is 2. The fourth-order valence-electron chi connectivity index (χ4n) is 2.13. The normalized spacial score (nSPS) is 18.3. The third-order valence-corrected chi connectivity index (χ3v) is 5.78. The quantitative estimate of drug-likeness (QED) is 0.536. The molecule has 1 unspecified atom stereocenters. The van der Waals surface area contributed by atoms with Crippen molar-refractivity contribution in [3.63, 3.8) is 0 Å². The molecule has 1 aliphatic heterocycles. The van der Waals surface area contributed by atoms with Gasteiger partial charge in [-0.1, -0.05) is 0 Å². The molecular weight excluding hydrogens is 379 g/mol. The molecule has 2 aromatic carbocycles. The van der Waals surface area contributed by atoms with Crippen LogP contribution < -0.4 is 25.9 Å². The van der Waals surface area contributed by atoms with Crippen molar-refractivity contribution in [2.45, 2.75) is 18.9 Å². The average Bonchev–Trinajstić information content (AvgIpc) is 2.51. The molecule has 0 spiro atoms. The summed E-state index contributed by atoms with van der Waals surface area (Å²) in [5, 5.41) is 0. The van der Waals surface area contributed by atoms with E-state index in [-0.39, 0.29) is 27.2 Å². The van der Waals surface area contributed by atoms with Gasteiger partial charge in [0.05, 0.1) is 0 Å². The molecule has 21 heavy (non-hydrogen) atoms. The minimum absolute atomic E-state index is 0.220. The number of carbonyl (C=O) groups excluding carboxylic acids is 1. The Morgan fingerprint density at radius 2 is 1.86 bits per heavy atom. The molecule has 0 radical (unpaired) electrons. The van der Waals surface area contributed by atoms with Crippen molar-refractivity contribution in [2.75, 3.05) is 6.61 Å². The maximum atomic E-state index is 11.6. The number of cyclic esters (lactones) is 1. The van der Waals surface area contributed by atoms with E-state index in [0.29, 0.717) is 6.61 Å². The van der Waals surface area contributed by atoms with Crippen molar-refractivity contribution in [3.8, 4) is 5.75 Å². The van der Waals surface area contributed by atoms with E-state index in [1.807, 2.05) is 24.3 Å². The number of hydrogen-bond acceptors (Lipinski definition) is 3. The van der Waals surface area contributed by atoms with Gasteiger partial charge in [0.2, 0.25) is 0 Å². The predicted octanol–water partition coefficient (Wildman–Crippen LogP) is -0.101. The Kier molecular flexibility index (Phi) is 4.75. The second kappa shape index (κ2) is 6.93. The van der Waals surface area contributed by atoms with Crippen LogP contribution in [0.1, 0.15) is 12.8 Å². The predicted molar refractivity (Wildman–Crippen MR) is 74.9 cm³/mol. The number of halogens is 1. The number of carbonyl (C=O) groups is 1. The van der Waals surface area contributed by atoms with Crippen LogP contribution in [0.3, 0.4) is 0 Å². The van der Waals surface area contributed by atoms with Crippen LogP contribution in [0.2, 0.25) is 0 Å². The van der Waals surface area contributed by atoms with Crippen LogP contribution >= 0.6 is 0 Å². The van der Waals surface area contributed by atoms with Crippen LogP contribution in [0, 0.1) is 7.14 Å². The first kappa shape index (κ1) is 14.4. The number of benzene rings is 2. The van der Waals surface area contributed by atoms with Crippen molar-refractivity contribution >= 4 is 5.97 Å². The zero-order valence-electron chi connectivity index (χ0n) is 11.5. The van der Waals surface area contributed by atoms with Crippen LogP contribution in [-0.2, 0) is 9.53 Å². The van der Waals surface area contributed by atoms with E-state index < -0.39 is 6.10 Å². The molecule has 1 aliphatic rings. The molecule has 3 rings (SSSR count). The fourth-order valence-corrected chi connectivity index (χ4v) is 4.47. The zero-order chi connectivity index (χ0) is 14.5. The van der Waals surface area contributed by atoms with Gasteiger partial charge in [0.1, 0.15) is 0 Å². The van der Waals surface area contributed by atoms with Crippen LogP contribution in [-0.4, -0.2) is 18.7 Å². The van der Waals surface area contributed by atoms with Crippen LogP contribution in [0.15, 0.2) is 54.6 Å². The molecule has 110 valence electrons. The van der Waals surface area contributed by atoms with E-state index in [1.165, 1.54) is 7.14 Å². The molecule has 0 aromatic heterocycles. The van der Waals surface area contributed by atoms with Gasteiger partial charge in [0.25, 0.3) is 0 Å². The Bertz CT molecular complexity index is 612. The Morgan fingerprint density at radius 3 is 2.67 bits per heavy atom. The Hall–Kier alpha value is -1.56. The van der Waals surface area contributed by atoms with E-state index in [0.717, 1.165) is 18.6 Å². The second-order valence-corrected chi connectivity index (χ2v) is 7.79. The average molecular weight is 395 g/mol. The first-order valence-electron chi connectivity index (χ1n) is 6.94. The van der Waals surface area contributed by atoms with Gasteiger partial charge in [-0.25, -0.2) is 0 Å². The molecule has 1 saturated heterocycles. The summed E-state index contributed by atoms with van der Waals surface area (Å²) in [6.07, 6.45) is 1.15. The molecule has 0 aliphatic carbocycles. The number of hydrogen-bond donors (Lipinski definition) is 0. The minimum atomic E-state index is -0.455. The third-order valence-electron chi connectivity index (χ3n) is 3.14. The van der Waals surface area contributed by atoms with Gasteiger partial charge in [-0.3, -0.25) is 0 Å². The number of esters is 1. The Balaban J connectivity index is 1.69. The molecule has 0 N–H and O–H groups in total. The Morgan fingerprint density at radius 1 is 1.05 bits per heavy atom. The van der Waals surface area contributed by atoms with Crippen molar-refractivity contribution in [1.29, 1.82) is 0 Å². The topological polar surface area (TPSA) is 35.5 Å². The van der Waals surface area contributed by atoms with Gasteiger partial charge in [0.15, 0.2) is 0 Å². The van der Waals surface area contributed by atoms with Crippen molar-refractivity contribution in [1.82, 2.24) is 0 Å². The summed E-state index contributed by atoms with van der Waals surface area (Å²) in [5.41, 5.74) is 0. The second-order valence-electron chi connectivity index (χ2n) is 4.76. The monoisotopic (exact) mass is 395 g/mol. The zero-order valence-corrected chi connectivity index (χ0v) is 13.7. The standard InChI is InChI=1S/C17H16IO3/c19-17-16(10-5-11-20-17)21-15-9-4-8-14(12-15)18-13-6-2-1-3-7-13/h1-4,6-9,12,16H,5,10-11H2/q-1. The molecule has 1 heterocycles. The summed E-state index contributed by atoms with van der Waals surface area (Å²) in [5.74, 6) is 0.511. The van der Waals surface area contributed by atoms with E-state index in [4.69, 9.17) is 9.47 Å². The van der Waals surface area contributed by atoms with Gasteiger partial charge < -0.3 is 0 Å². The van der Waals surface area contributed by atoms with Gasteiger partial charge in [0, 0.05) is 0 Å². The first-order chi connectivity index (χ1) is 10.3. The summed E-state index contributed by atoms with van der Waals surface area (Å²) in [7, 11) is 0. The van der Waals surface area contributed by atoms with Crippen LogP contribution in [0.5, 0.6) is 5.75 Å². The molecule has 3 nitrogen and oxygen atoms in total. The molecule has 1 atom stereocenters. The molecule has 1 fully saturated rings. The molecular formula is C17H16IO3-. The van der Waals surface area contributed by atoms with E-state index in [9.17, 15) is 4.79 Å². The van der Waals surface area contributed by atoms with E-state index >= 15 is 0 Å². The van der Waals surface area contributed by atoms with Crippen molar-refractivity contribution in [2.24, 2.45) is 0 Å². The summed E-state index contributed by atoms with van der Waals surface area (Å²) in [4.78, 5) is 11.6. The number of rotatable bonds is 4.